The predicted octanol–water partition coefficient (Wildman–Crippen LogP) is 3.92. The van der Waals surface area contributed by atoms with E-state index < -0.39 is 0 Å². The van der Waals surface area contributed by atoms with E-state index in [2.05, 4.69) is 10.3 Å². The number of rotatable bonds is 4. The molecule has 0 radical (unpaired) electrons. The van der Waals surface area contributed by atoms with Crippen molar-refractivity contribution in [1.29, 1.82) is 0 Å². The number of halogens is 1. The van der Waals surface area contributed by atoms with Crippen LogP contribution in [0.25, 0.3) is 0 Å². The number of nitrogen functional groups attached to an aromatic ring is 1. The smallest absolute Gasteiger partial charge is 0.226 e. The van der Waals surface area contributed by atoms with Crippen molar-refractivity contribution in [2.24, 2.45) is 0 Å². The molecule has 26 heavy (non-hydrogen) atoms. The number of nitrogens with one attached hydrogen (secondary N) is 1. The number of hydrogen-bond donors (Lipinski definition) is 2. The predicted molar refractivity (Wildman–Crippen MR) is 98.8 cm³/mol. The monoisotopic (exact) mass is 369 g/mol. The van der Waals surface area contributed by atoms with Crippen molar-refractivity contribution in [2.75, 3.05) is 11.1 Å². The number of hydrogen-bond acceptors (Lipinski definition) is 5. The fourth-order valence-electron chi connectivity index (χ4n) is 2.98. The summed E-state index contributed by atoms with van der Waals surface area (Å²) in [4.78, 5) is 17.1. The molecule has 1 aliphatic rings. The van der Waals surface area contributed by atoms with E-state index in [1.54, 1.807) is 18.2 Å². The van der Waals surface area contributed by atoms with Crippen molar-refractivity contribution < 1.29 is 13.9 Å². The summed E-state index contributed by atoms with van der Waals surface area (Å²) < 4.78 is 19.3. The first-order valence-electron chi connectivity index (χ1n) is 8.12. The van der Waals surface area contributed by atoms with Gasteiger partial charge in [-0.15, -0.1) is 0 Å². The first kappa shape index (κ1) is 16.5. The second-order valence-electron chi connectivity index (χ2n) is 6.02. The van der Waals surface area contributed by atoms with Crippen LogP contribution in [0, 0.1) is 5.82 Å². The zero-order valence-electron chi connectivity index (χ0n) is 13.7. The van der Waals surface area contributed by atoms with Gasteiger partial charge in [0.05, 0.1) is 4.88 Å². The van der Waals surface area contributed by atoms with Gasteiger partial charge in [-0.2, -0.15) is 0 Å². The zero-order chi connectivity index (χ0) is 18.1. The van der Waals surface area contributed by atoms with Gasteiger partial charge in [-0.05, 0) is 23.8 Å². The highest BCUT2D eigenvalue weighted by molar-refractivity contribution is 7.16. The third-order valence-electron chi connectivity index (χ3n) is 4.27. The Morgan fingerprint density at radius 1 is 1.23 bits per heavy atom. The number of anilines is 2. The molecule has 0 saturated carbocycles. The molecule has 1 aromatic heterocycles. The Hall–Kier alpha value is -2.93. The van der Waals surface area contributed by atoms with Crippen LogP contribution in [0.2, 0.25) is 0 Å². The average molecular weight is 369 g/mol. The maximum absolute atomic E-state index is 13.6. The summed E-state index contributed by atoms with van der Waals surface area (Å²) in [6.07, 6.45) is 0.351. The molecule has 7 heteroatoms. The second-order valence-corrected chi connectivity index (χ2v) is 7.08. The molecule has 2 aromatic carbocycles. The van der Waals surface area contributed by atoms with Crippen molar-refractivity contribution >= 4 is 28.2 Å². The Balaban J connectivity index is 1.51. The minimum Gasteiger partial charge on any atom is -0.489 e. The van der Waals surface area contributed by atoms with Gasteiger partial charge < -0.3 is 15.8 Å². The highest BCUT2D eigenvalue weighted by Gasteiger charge is 2.29. The van der Waals surface area contributed by atoms with Crippen molar-refractivity contribution in [3.63, 3.8) is 0 Å². The summed E-state index contributed by atoms with van der Waals surface area (Å²) in [5, 5.41) is 3.19. The van der Waals surface area contributed by atoms with E-state index in [-0.39, 0.29) is 24.2 Å². The number of aromatic nitrogens is 1. The molecule has 4 rings (SSSR count). The number of carbonyl (C=O) groups is 1. The van der Waals surface area contributed by atoms with Crippen molar-refractivity contribution in [3.05, 3.63) is 70.4 Å². The summed E-state index contributed by atoms with van der Waals surface area (Å²) in [5.41, 5.74) is 7.27. The first-order valence-corrected chi connectivity index (χ1v) is 8.94. The van der Waals surface area contributed by atoms with Crippen LogP contribution in [-0.4, -0.2) is 10.9 Å². The Labute approximate surface area is 153 Å². The van der Waals surface area contributed by atoms with Crippen LogP contribution in [0.1, 0.15) is 28.3 Å². The van der Waals surface area contributed by atoms with Crippen LogP contribution in [0.4, 0.5) is 15.3 Å². The van der Waals surface area contributed by atoms with Gasteiger partial charge in [-0.1, -0.05) is 41.7 Å². The molecule has 0 unspecified atom stereocenters. The molecule has 0 fully saturated rings. The van der Waals surface area contributed by atoms with Crippen LogP contribution in [0.5, 0.6) is 5.75 Å². The standard InChI is InChI=1S/C19H16FN3O2S/c20-15-4-2-1-3-12(15)10-25-13-7-5-11(6-8-13)14-9-16(24)22-18-17(14)26-19(21)23-18/h1-8,14H,9-10H2,(H2,21,23)(H,22,24)/t14-/m1/s1. The van der Waals surface area contributed by atoms with E-state index in [1.165, 1.54) is 17.4 Å². The Bertz CT molecular complexity index is 956. The minimum absolute atomic E-state index is 0.0748. The lowest BCUT2D eigenvalue weighted by molar-refractivity contribution is -0.116. The molecule has 0 spiro atoms. The third kappa shape index (κ3) is 3.25. The van der Waals surface area contributed by atoms with Crippen LogP contribution < -0.4 is 15.8 Å². The first-order chi connectivity index (χ1) is 12.6. The van der Waals surface area contributed by atoms with Gasteiger partial charge in [0.25, 0.3) is 0 Å². The molecule has 1 aliphatic heterocycles. The number of nitrogens with two attached hydrogens (primary N) is 1. The molecular weight excluding hydrogens is 353 g/mol. The zero-order valence-corrected chi connectivity index (χ0v) is 14.6. The molecule has 3 N–H and O–H groups in total. The van der Waals surface area contributed by atoms with Gasteiger partial charge in [0.15, 0.2) is 5.13 Å². The van der Waals surface area contributed by atoms with E-state index in [0.717, 1.165) is 10.4 Å². The number of fused-ring (bicyclic) bond motifs is 1. The lowest BCUT2D eigenvalue weighted by atomic mass is 9.91. The summed E-state index contributed by atoms with van der Waals surface area (Å²) in [6, 6.07) is 14.0. The minimum atomic E-state index is -0.285. The van der Waals surface area contributed by atoms with Crippen LogP contribution >= 0.6 is 11.3 Å². The molecular formula is C19H16FN3O2S. The highest BCUT2D eigenvalue weighted by Crippen LogP contribution is 2.41. The fraction of sp³-hybridized carbons (Fsp3) is 0.158. The Morgan fingerprint density at radius 3 is 2.77 bits per heavy atom. The maximum Gasteiger partial charge on any atom is 0.226 e. The van der Waals surface area contributed by atoms with Gasteiger partial charge in [0.2, 0.25) is 5.91 Å². The van der Waals surface area contributed by atoms with Crippen molar-refractivity contribution in [2.45, 2.75) is 18.9 Å². The highest BCUT2D eigenvalue weighted by atomic mass is 32.1. The number of benzene rings is 2. The van der Waals surface area contributed by atoms with E-state index in [1.807, 2.05) is 24.3 Å². The number of nitrogens with zero attached hydrogens (tertiary/aromatic N) is 1. The SMILES string of the molecule is Nc1nc2c(s1)[C@@H](c1ccc(OCc3ccccc3F)cc1)CC(=O)N2. The molecule has 132 valence electrons. The van der Waals surface area contributed by atoms with Crippen LogP contribution in [0.15, 0.2) is 48.5 Å². The van der Waals surface area contributed by atoms with E-state index in [0.29, 0.717) is 28.7 Å². The molecule has 5 nitrogen and oxygen atoms in total. The third-order valence-corrected chi connectivity index (χ3v) is 5.27. The van der Waals surface area contributed by atoms with Crippen LogP contribution in [0.3, 0.4) is 0 Å². The Morgan fingerprint density at radius 2 is 2.00 bits per heavy atom. The molecule has 0 bridgehead atoms. The van der Waals surface area contributed by atoms with Crippen molar-refractivity contribution in [1.82, 2.24) is 4.98 Å². The topological polar surface area (TPSA) is 77.2 Å². The van der Waals surface area contributed by atoms with E-state index in [9.17, 15) is 9.18 Å². The normalized spacial score (nSPS) is 16.0. The summed E-state index contributed by atoms with van der Waals surface area (Å²) in [6.45, 7) is 0.160. The molecule has 0 saturated heterocycles. The Kier molecular flexibility index (Phi) is 4.30. The molecule has 0 aliphatic carbocycles. The van der Waals surface area contributed by atoms with Gasteiger partial charge in [-0.3, -0.25) is 4.79 Å². The number of carbonyl (C=O) groups excluding carboxylic acids is 1. The van der Waals surface area contributed by atoms with Gasteiger partial charge in [-0.25, -0.2) is 9.37 Å². The largest absolute Gasteiger partial charge is 0.489 e. The van der Waals surface area contributed by atoms with Crippen LogP contribution in [-0.2, 0) is 11.4 Å². The summed E-state index contributed by atoms with van der Waals surface area (Å²) in [7, 11) is 0. The van der Waals surface area contributed by atoms with Gasteiger partial charge in [0, 0.05) is 17.9 Å². The summed E-state index contributed by atoms with van der Waals surface area (Å²) >= 11 is 1.39. The van der Waals surface area contributed by atoms with E-state index >= 15 is 0 Å². The van der Waals surface area contributed by atoms with E-state index in [4.69, 9.17) is 10.5 Å². The van der Waals surface area contributed by atoms with Gasteiger partial charge >= 0.3 is 0 Å². The maximum atomic E-state index is 13.6. The number of thiazole rings is 1. The van der Waals surface area contributed by atoms with Crippen molar-refractivity contribution in [3.8, 4) is 5.75 Å². The fourth-order valence-corrected chi connectivity index (χ4v) is 3.90. The lowest BCUT2D eigenvalue weighted by Gasteiger charge is -2.21. The second kappa shape index (κ2) is 6.76. The lowest BCUT2D eigenvalue weighted by Crippen LogP contribution is -2.22. The molecule has 2 heterocycles. The number of amides is 1. The quantitative estimate of drug-likeness (QED) is 0.731. The van der Waals surface area contributed by atoms with Gasteiger partial charge in [0.1, 0.15) is 24.0 Å². The average Bonchev–Trinajstić information content (AvgIpc) is 3.01. The molecule has 1 atom stereocenters. The molecule has 3 aromatic rings. The molecule has 1 amide bonds. The summed E-state index contributed by atoms with van der Waals surface area (Å²) in [5.74, 6) is 0.754. The number of ether oxygens (including phenoxy) is 1.